The molecule has 1 N–H and O–H groups in total. The lowest BCUT2D eigenvalue weighted by atomic mass is 10.0. The molecule has 0 bridgehead atoms. The Balaban J connectivity index is 1.68. The number of hydrogen-bond acceptors (Lipinski definition) is 5. The lowest BCUT2D eigenvalue weighted by molar-refractivity contribution is 0.0923. The summed E-state index contributed by atoms with van der Waals surface area (Å²) in [5.41, 5.74) is 3.62. The molecule has 3 aromatic rings. The van der Waals surface area contributed by atoms with Crippen LogP contribution in [0.15, 0.2) is 51.6 Å². The van der Waals surface area contributed by atoms with Crippen LogP contribution in [0.3, 0.4) is 0 Å². The summed E-state index contributed by atoms with van der Waals surface area (Å²) < 4.78 is 15.7. The van der Waals surface area contributed by atoms with E-state index in [1.165, 1.54) is 11.8 Å². The number of ether oxygens (including phenoxy) is 1. The minimum atomic E-state index is -0.291. The van der Waals surface area contributed by atoms with Crippen LogP contribution in [0, 0.1) is 0 Å². The van der Waals surface area contributed by atoms with Crippen molar-refractivity contribution in [1.29, 1.82) is 0 Å². The van der Waals surface area contributed by atoms with Crippen LogP contribution in [0.4, 0.5) is 0 Å². The highest BCUT2D eigenvalue weighted by Crippen LogP contribution is 2.25. The smallest absolute Gasteiger partial charge is 0.287 e. The Kier molecular flexibility index (Phi) is 5.53. The molecule has 26 heavy (non-hydrogen) atoms. The van der Waals surface area contributed by atoms with Gasteiger partial charge in [0.1, 0.15) is 17.7 Å². The predicted molar refractivity (Wildman–Crippen MR) is 96.6 cm³/mol. The van der Waals surface area contributed by atoms with Crippen molar-refractivity contribution < 1.29 is 18.5 Å². The standard InChI is InChI=1S/C20H22N2O4/c1-13(2)14-5-4-6-15(9-14)18-7-8-19(26-18)20(23)21-10-16-11-25-22-17(16)12-24-3/h4-9,11,13H,10,12H2,1-3H3,(H,21,23). The topological polar surface area (TPSA) is 77.5 Å². The molecule has 0 aliphatic heterocycles. The maximum Gasteiger partial charge on any atom is 0.287 e. The second-order valence-electron chi connectivity index (χ2n) is 6.35. The lowest BCUT2D eigenvalue weighted by Crippen LogP contribution is -2.22. The van der Waals surface area contributed by atoms with Gasteiger partial charge in [-0.3, -0.25) is 4.79 Å². The van der Waals surface area contributed by atoms with Gasteiger partial charge in [-0.05, 0) is 29.7 Å². The van der Waals surface area contributed by atoms with Crippen LogP contribution in [-0.2, 0) is 17.9 Å². The number of hydrogen-bond donors (Lipinski definition) is 1. The van der Waals surface area contributed by atoms with E-state index in [4.69, 9.17) is 13.7 Å². The molecular weight excluding hydrogens is 332 g/mol. The number of carbonyl (C=O) groups is 1. The molecule has 136 valence electrons. The van der Waals surface area contributed by atoms with Crippen molar-refractivity contribution >= 4 is 5.91 Å². The first-order valence-electron chi connectivity index (χ1n) is 8.48. The van der Waals surface area contributed by atoms with Gasteiger partial charge in [-0.25, -0.2) is 0 Å². The Morgan fingerprint density at radius 1 is 1.27 bits per heavy atom. The van der Waals surface area contributed by atoms with Crippen molar-refractivity contribution in [3.8, 4) is 11.3 Å². The van der Waals surface area contributed by atoms with E-state index in [9.17, 15) is 4.79 Å². The fourth-order valence-corrected chi connectivity index (χ4v) is 2.61. The zero-order valence-corrected chi connectivity index (χ0v) is 15.1. The van der Waals surface area contributed by atoms with Crippen LogP contribution in [-0.4, -0.2) is 18.2 Å². The Labute approximate surface area is 152 Å². The number of amides is 1. The zero-order valence-electron chi connectivity index (χ0n) is 15.1. The molecule has 2 aromatic heterocycles. The highest BCUT2D eigenvalue weighted by atomic mass is 16.5. The Morgan fingerprint density at radius 2 is 2.12 bits per heavy atom. The summed E-state index contributed by atoms with van der Waals surface area (Å²) in [6.45, 7) is 4.91. The number of benzene rings is 1. The van der Waals surface area contributed by atoms with Gasteiger partial charge in [0.25, 0.3) is 5.91 Å². The van der Waals surface area contributed by atoms with Gasteiger partial charge in [0.15, 0.2) is 5.76 Å². The van der Waals surface area contributed by atoms with Crippen LogP contribution in [0.1, 0.15) is 47.1 Å². The van der Waals surface area contributed by atoms with Crippen molar-refractivity contribution in [1.82, 2.24) is 10.5 Å². The van der Waals surface area contributed by atoms with E-state index in [2.05, 4.69) is 36.5 Å². The summed E-state index contributed by atoms with van der Waals surface area (Å²) in [5, 5.41) is 6.65. The Hall–Kier alpha value is -2.86. The first-order valence-corrected chi connectivity index (χ1v) is 8.48. The molecule has 2 heterocycles. The van der Waals surface area contributed by atoms with Crippen LogP contribution in [0.25, 0.3) is 11.3 Å². The Morgan fingerprint density at radius 3 is 2.88 bits per heavy atom. The van der Waals surface area contributed by atoms with Gasteiger partial charge in [0, 0.05) is 24.8 Å². The minimum Gasteiger partial charge on any atom is -0.451 e. The number of nitrogens with one attached hydrogen (secondary N) is 1. The van der Waals surface area contributed by atoms with Crippen molar-refractivity contribution in [2.75, 3.05) is 7.11 Å². The van der Waals surface area contributed by atoms with E-state index in [0.29, 0.717) is 30.5 Å². The van der Waals surface area contributed by atoms with Gasteiger partial charge in [-0.2, -0.15) is 0 Å². The molecule has 0 aliphatic rings. The molecule has 6 nitrogen and oxygen atoms in total. The van der Waals surface area contributed by atoms with E-state index in [1.807, 2.05) is 18.2 Å². The third-order valence-electron chi connectivity index (χ3n) is 4.12. The summed E-state index contributed by atoms with van der Waals surface area (Å²) in [7, 11) is 1.58. The fourth-order valence-electron chi connectivity index (χ4n) is 2.61. The van der Waals surface area contributed by atoms with E-state index < -0.39 is 0 Å². The first kappa shape index (κ1) is 17.9. The summed E-state index contributed by atoms with van der Waals surface area (Å²) >= 11 is 0. The highest BCUT2D eigenvalue weighted by Gasteiger charge is 2.14. The van der Waals surface area contributed by atoms with Crippen molar-refractivity contribution in [2.24, 2.45) is 0 Å². The van der Waals surface area contributed by atoms with Gasteiger partial charge in [-0.15, -0.1) is 0 Å². The zero-order chi connectivity index (χ0) is 18.5. The maximum atomic E-state index is 12.3. The van der Waals surface area contributed by atoms with Gasteiger partial charge in [0.2, 0.25) is 0 Å². The van der Waals surface area contributed by atoms with Gasteiger partial charge in [0.05, 0.1) is 6.61 Å². The first-order chi connectivity index (χ1) is 12.6. The van der Waals surface area contributed by atoms with E-state index in [1.54, 1.807) is 13.2 Å². The molecule has 0 fully saturated rings. The van der Waals surface area contributed by atoms with E-state index >= 15 is 0 Å². The Bertz CT molecular complexity index is 879. The maximum absolute atomic E-state index is 12.3. The number of aromatic nitrogens is 1. The van der Waals surface area contributed by atoms with Crippen LogP contribution in [0.2, 0.25) is 0 Å². The number of nitrogens with zero attached hydrogens (tertiary/aromatic N) is 1. The molecule has 0 saturated carbocycles. The summed E-state index contributed by atoms with van der Waals surface area (Å²) in [4.78, 5) is 12.3. The molecule has 0 unspecified atom stereocenters. The molecule has 0 saturated heterocycles. The third kappa shape index (κ3) is 4.03. The molecule has 0 spiro atoms. The normalized spacial score (nSPS) is 11.1. The summed E-state index contributed by atoms with van der Waals surface area (Å²) in [6.07, 6.45) is 1.50. The highest BCUT2D eigenvalue weighted by molar-refractivity contribution is 5.92. The molecule has 6 heteroatoms. The summed E-state index contributed by atoms with van der Waals surface area (Å²) in [6, 6.07) is 11.6. The average molecular weight is 354 g/mol. The van der Waals surface area contributed by atoms with E-state index in [0.717, 1.165) is 11.1 Å². The molecular formula is C20H22N2O4. The number of furan rings is 1. The second kappa shape index (κ2) is 8.01. The molecule has 0 radical (unpaired) electrons. The second-order valence-corrected chi connectivity index (χ2v) is 6.35. The monoisotopic (exact) mass is 354 g/mol. The lowest BCUT2D eigenvalue weighted by Gasteiger charge is -2.06. The van der Waals surface area contributed by atoms with Crippen LogP contribution in [0.5, 0.6) is 0 Å². The van der Waals surface area contributed by atoms with Gasteiger partial charge < -0.3 is 19.0 Å². The average Bonchev–Trinajstić information content (AvgIpc) is 3.30. The molecule has 0 atom stereocenters. The third-order valence-corrected chi connectivity index (χ3v) is 4.12. The van der Waals surface area contributed by atoms with Crippen molar-refractivity contribution in [3.63, 3.8) is 0 Å². The van der Waals surface area contributed by atoms with Crippen LogP contribution < -0.4 is 5.32 Å². The SMILES string of the molecule is COCc1nocc1CNC(=O)c1ccc(-c2cccc(C(C)C)c2)o1. The molecule has 1 aromatic carbocycles. The van der Waals surface area contributed by atoms with E-state index in [-0.39, 0.29) is 11.7 Å². The predicted octanol–water partition coefficient (Wildman–Crippen LogP) is 4.13. The number of methoxy groups -OCH3 is 1. The molecule has 3 rings (SSSR count). The molecule has 1 amide bonds. The van der Waals surface area contributed by atoms with Crippen molar-refractivity contribution in [2.45, 2.75) is 32.9 Å². The van der Waals surface area contributed by atoms with Gasteiger partial charge in [-0.1, -0.05) is 37.2 Å². The quantitative estimate of drug-likeness (QED) is 0.690. The van der Waals surface area contributed by atoms with Crippen LogP contribution >= 0.6 is 0 Å². The summed E-state index contributed by atoms with van der Waals surface area (Å²) in [5.74, 6) is 1.07. The largest absolute Gasteiger partial charge is 0.451 e. The van der Waals surface area contributed by atoms with Crippen molar-refractivity contribution in [3.05, 3.63) is 65.2 Å². The molecule has 0 aliphatic carbocycles. The fraction of sp³-hybridized carbons (Fsp3) is 0.300. The number of rotatable bonds is 7. The van der Waals surface area contributed by atoms with Gasteiger partial charge >= 0.3 is 0 Å². The minimum absolute atomic E-state index is 0.264. The number of carbonyl (C=O) groups excluding carboxylic acids is 1.